The molecule has 16 heavy (non-hydrogen) atoms. The van der Waals surface area contributed by atoms with Crippen LogP contribution >= 0.6 is 0 Å². The molecule has 0 aliphatic carbocycles. The van der Waals surface area contributed by atoms with Crippen LogP contribution in [0.1, 0.15) is 6.92 Å². The SMILES string of the molecule is CCOC(=O)NC=C(C(=O)OC)C(=O)OC. The number of carbonyl (C=O) groups is 3. The summed E-state index contributed by atoms with van der Waals surface area (Å²) in [6.07, 6.45) is 0.0863. The molecule has 0 fully saturated rings. The molecule has 0 spiro atoms. The molecule has 7 nitrogen and oxygen atoms in total. The van der Waals surface area contributed by atoms with Gasteiger partial charge in [0.15, 0.2) is 5.57 Å². The second-order valence-electron chi connectivity index (χ2n) is 2.41. The van der Waals surface area contributed by atoms with Gasteiger partial charge in [-0.05, 0) is 6.92 Å². The number of hydrogen-bond donors (Lipinski definition) is 1. The molecule has 0 aromatic heterocycles. The van der Waals surface area contributed by atoms with Crippen molar-refractivity contribution in [2.75, 3.05) is 20.8 Å². The zero-order chi connectivity index (χ0) is 12.6. The van der Waals surface area contributed by atoms with E-state index in [4.69, 9.17) is 0 Å². The fourth-order valence-corrected chi connectivity index (χ4v) is 0.725. The Morgan fingerprint density at radius 3 is 2.00 bits per heavy atom. The highest BCUT2D eigenvalue weighted by atomic mass is 16.6. The fraction of sp³-hybridized carbons (Fsp3) is 0.444. The lowest BCUT2D eigenvalue weighted by atomic mass is 10.3. The third kappa shape index (κ3) is 4.45. The van der Waals surface area contributed by atoms with Gasteiger partial charge >= 0.3 is 18.0 Å². The van der Waals surface area contributed by atoms with Gasteiger partial charge in [0.1, 0.15) is 0 Å². The van der Waals surface area contributed by atoms with Crippen molar-refractivity contribution < 1.29 is 28.6 Å². The van der Waals surface area contributed by atoms with Gasteiger partial charge in [0.05, 0.1) is 20.8 Å². The molecule has 0 bridgehead atoms. The second-order valence-corrected chi connectivity index (χ2v) is 2.41. The summed E-state index contributed by atoms with van der Waals surface area (Å²) >= 11 is 0. The van der Waals surface area contributed by atoms with Crippen molar-refractivity contribution in [3.05, 3.63) is 11.8 Å². The van der Waals surface area contributed by atoms with Crippen molar-refractivity contribution in [3.63, 3.8) is 0 Å². The number of alkyl carbamates (subject to hydrolysis) is 1. The topological polar surface area (TPSA) is 90.9 Å². The van der Waals surface area contributed by atoms with Crippen LogP contribution in [0.4, 0.5) is 4.79 Å². The van der Waals surface area contributed by atoms with Gasteiger partial charge in [0.2, 0.25) is 0 Å². The Bertz CT molecular complexity index is 291. The second kappa shape index (κ2) is 7.27. The number of amides is 1. The van der Waals surface area contributed by atoms with Crippen LogP contribution in [0, 0.1) is 0 Å². The molecular weight excluding hydrogens is 218 g/mol. The third-order valence-electron chi connectivity index (χ3n) is 1.42. The average molecular weight is 231 g/mol. The highest BCUT2D eigenvalue weighted by Gasteiger charge is 2.20. The Morgan fingerprint density at radius 1 is 1.12 bits per heavy atom. The van der Waals surface area contributed by atoms with Crippen LogP contribution in [-0.4, -0.2) is 38.9 Å². The van der Waals surface area contributed by atoms with Crippen LogP contribution in [0.3, 0.4) is 0 Å². The molecule has 0 rings (SSSR count). The monoisotopic (exact) mass is 231 g/mol. The molecule has 0 unspecified atom stereocenters. The van der Waals surface area contributed by atoms with Crippen molar-refractivity contribution in [1.29, 1.82) is 0 Å². The zero-order valence-electron chi connectivity index (χ0n) is 9.23. The quantitative estimate of drug-likeness (QED) is 0.240. The molecule has 0 aliphatic heterocycles. The Hall–Kier alpha value is -2.05. The zero-order valence-corrected chi connectivity index (χ0v) is 9.23. The molecule has 0 radical (unpaired) electrons. The summed E-state index contributed by atoms with van der Waals surface area (Å²) in [5.74, 6) is -1.83. The maximum Gasteiger partial charge on any atom is 0.411 e. The van der Waals surface area contributed by atoms with Crippen molar-refractivity contribution in [2.24, 2.45) is 0 Å². The lowest BCUT2D eigenvalue weighted by Gasteiger charge is -2.04. The van der Waals surface area contributed by atoms with Crippen molar-refractivity contribution in [3.8, 4) is 0 Å². The minimum atomic E-state index is -0.913. The highest BCUT2D eigenvalue weighted by molar-refractivity contribution is 6.14. The average Bonchev–Trinajstić information content (AvgIpc) is 2.28. The summed E-state index contributed by atoms with van der Waals surface area (Å²) < 4.78 is 13.2. The van der Waals surface area contributed by atoms with E-state index in [1.807, 2.05) is 0 Å². The number of nitrogens with one attached hydrogen (secondary N) is 1. The molecule has 1 amide bonds. The molecule has 0 atom stereocenters. The first-order valence-electron chi connectivity index (χ1n) is 4.36. The maximum absolute atomic E-state index is 11.1. The van der Waals surface area contributed by atoms with Crippen molar-refractivity contribution in [1.82, 2.24) is 5.32 Å². The number of methoxy groups -OCH3 is 2. The summed E-state index contributed by atoms with van der Waals surface area (Å²) in [4.78, 5) is 33.1. The molecule has 7 heteroatoms. The van der Waals surface area contributed by atoms with Gasteiger partial charge in [0.25, 0.3) is 0 Å². The number of hydrogen-bond acceptors (Lipinski definition) is 6. The number of esters is 2. The van der Waals surface area contributed by atoms with Gasteiger partial charge in [-0.1, -0.05) is 0 Å². The van der Waals surface area contributed by atoms with E-state index in [1.165, 1.54) is 0 Å². The third-order valence-corrected chi connectivity index (χ3v) is 1.42. The number of rotatable bonds is 4. The van der Waals surface area contributed by atoms with E-state index in [-0.39, 0.29) is 6.61 Å². The number of ether oxygens (including phenoxy) is 3. The molecule has 0 heterocycles. The van der Waals surface area contributed by atoms with Crippen molar-refractivity contribution >= 4 is 18.0 Å². The van der Waals surface area contributed by atoms with Gasteiger partial charge < -0.3 is 14.2 Å². The maximum atomic E-state index is 11.1. The summed E-state index contributed by atoms with van der Waals surface area (Å²) in [6, 6.07) is 0. The molecule has 90 valence electrons. The molecule has 0 aliphatic rings. The molecule has 0 aromatic carbocycles. The summed E-state index contributed by atoms with van der Waals surface area (Å²) in [5.41, 5.74) is -0.432. The van der Waals surface area contributed by atoms with Gasteiger partial charge in [-0.15, -0.1) is 0 Å². The fourth-order valence-electron chi connectivity index (χ4n) is 0.725. The van der Waals surface area contributed by atoms with Crippen LogP contribution in [-0.2, 0) is 23.8 Å². The minimum Gasteiger partial charge on any atom is -0.465 e. The first kappa shape index (κ1) is 13.9. The molecule has 1 N–H and O–H groups in total. The van der Waals surface area contributed by atoms with Crippen LogP contribution in [0.25, 0.3) is 0 Å². The summed E-state index contributed by atoms with van der Waals surface area (Å²) in [7, 11) is 2.20. The van der Waals surface area contributed by atoms with Crippen LogP contribution < -0.4 is 5.32 Å². The Kier molecular flexibility index (Phi) is 6.34. The van der Waals surface area contributed by atoms with E-state index in [2.05, 4.69) is 19.5 Å². The van der Waals surface area contributed by atoms with Crippen LogP contribution in [0.2, 0.25) is 0 Å². The van der Waals surface area contributed by atoms with E-state index in [0.29, 0.717) is 0 Å². The summed E-state index contributed by atoms with van der Waals surface area (Å²) in [6.45, 7) is 1.79. The Balaban J connectivity index is 4.63. The van der Waals surface area contributed by atoms with Crippen LogP contribution in [0.15, 0.2) is 11.8 Å². The normalized spacial score (nSPS) is 8.69. The van der Waals surface area contributed by atoms with E-state index < -0.39 is 23.6 Å². The minimum absolute atomic E-state index is 0.172. The standard InChI is InChI=1S/C9H13NO6/c1-4-16-9(13)10-5-6(7(11)14-2)8(12)15-3/h5H,4H2,1-3H3,(H,10,13). The van der Waals surface area contributed by atoms with Gasteiger partial charge in [-0.25, -0.2) is 14.4 Å². The smallest absolute Gasteiger partial charge is 0.411 e. The highest BCUT2D eigenvalue weighted by Crippen LogP contribution is 1.99. The Morgan fingerprint density at radius 2 is 1.62 bits per heavy atom. The van der Waals surface area contributed by atoms with E-state index in [1.54, 1.807) is 6.92 Å². The Labute approximate surface area is 92.3 Å². The number of carbonyl (C=O) groups excluding carboxylic acids is 3. The van der Waals surface area contributed by atoms with E-state index in [0.717, 1.165) is 20.4 Å². The van der Waals surface area contributed by atoms with E-state index >= 15 is 0 Å². The summed E-state index contributed by atoms with van der Waals surface area (Å²) in [5, 5.41) is 2.09. The lowest BCUT2D eigenvalue weighted by Crippen LogP contribution is -2.23. The van der Waals surface area contributed by atoms with Crippen LogP contribution in [0.5, 0.6) is 0 Å². The largest absolute Gasteiger partial charge is 0.465 e. The molecule has 0 saturated heterocycles. The van der Waals surface area contributed by atoms with E-state index in [9.17, 15) is 14.4 Å². The first-order chi connectivity index (χ1) is 7.56. The van der Waals surface area contributed by atoms with Gasteiger partial charge in [-0.2, -0.15) is 0 Å². The molecule has 0 saturated carbocycles. The van der Waals surface area contributed by atoms with Gasteiger partial charge in [0, 0.05) is 6.20 Å². The lowest BCUT2D eigenvalue weighted by molar-refractivity contribution is -0.144. The predicted molar refractivity (Wildman–Crippen MR) is 52.3 cm³/mol. The molecular formula is C9H13NO6. The predicted octanol–water partition coefficient (Wildman–Crippen LogP) is -0.0376. The molecule has 0 aromatic rings. The van der Waals surface area contributed by atoms with Crippen molar-refractivity contribution in [2.45, 2.75) is 6.92 Å². The van der Waals surface area contributed by atoms with Gasteiger partial charge in [-0.3, -0.25) is 5.32 Å². The first-order valence-corrected chi connectivity index (χ1v) is 4.36.